The summed E-state index contributed by atoms with van der Waals surface area (Å²) < 4.78 is 1.78. The monoisotopic (exact) mass is 292 g/mol. The molecule has 114 valence electrons. The molecule has 0 aliphatic carbocycles. The zero-order chi connectivity index (χ0) is 15.0. The van der Waals surface area contributed by atoms with Crippen LogP contribution in [0, 0.1) is 0 Å². The van der Waals surface area contributed by atoms with E-state index in [1.54, 1.807) is 14.5 Å². The first-order valence-electron chi connectivity index (χ1n) is 7.27. The number of carbonyl (C=O) groups excluding carboxylic acids is 2. The van der Waals surface area contributed by atoms with Gasteiger partial charge in [0.05, 0.1) is 12.6 Å². The molecule has 0 bridgehead atoms. The van der Waals surface area contributed by atoms with Gasteiger partial charge in [0.15, 0.2) is 0 Å². The summed E-state index contributed by atoms with van der Waals surface area (Å²) in [5.74, 6) is -0.127. The van der Waals surface area contributed by atoms with Crippen LogP contribution in [0.2, 0.25) is 0 Å². The topological polar surface area (TPSA) is 83.4 Å². The highest BCUT2D eigenvalue weighted by Crippen LogP contribution is 2.17. The minimum atomic E-state index is -0.438. The molecule has 1 aromatic rings. The first kappa shape index (κ1) is 14.0. The van der Waals surface area contributed by atoms with Crippen molar-refractivity contribution in [2.75, 3.05) is 26.2 Å². The molecular weight excluding hydrogens is 272 g/mol. The van der Waals surface area contributed by atoms with Crippen LogP contribution in [-0.4, -0.2) is 68.6 Å². The van der Waals surface area contributed by atoms with Gasteiger partial charge in [-0.1, -0.05) is 0 Å². The van der Waals surface area contributed by atoms with Gasteiger partial charge in [0.25, 0.3) is 0 Å². The number of nitrogens with one attached hydrogen (secondary N) is 1. The second kappa shape index (κ2) is 5.44. The molecule has 1 N–H and O–H groups in total. The van der Waals surface area contributed by atoms with Crippen LogP contribution in [-0.2, 0) is 16.1 Å². The number of amides is 2. The molecule has 2 aliphatic heterocycles. The first-order valence-corrected chi connectivity index (χ1v) is 7.27. The van der Waals surface area contributed by atoms with E-state index in [1.165, 1.54) is 6.33 Å². The molecular formula is C13H20N6O2. The summed E-state index contributed by atoms with van der Waals surface area (Å²) in [5.41, 5.74) is 0. The number of hydrogen-bond donors (Lipinski definition) is 1. The van der Waals surface area contributed by atoms with Gasteiger partial charge in [0.2, 0.25) is 0 Å². The van der Waals surface area contributed by atoms with Crippen LogP contribution in [0.1, 0.15) is 25.7 Å². The van der Waals surface area contributed by atoms with Crippen molar-refractivity contribution < 1.29 is 9.59 Å². The maximum atomic E-state index is 12.2. The summed E-state index contributed by atoms with van der Waals surface area (Å²) in [6, 6.07) is 0.227. The normalized spacial score (nSPS) is 22.9. The predicted molar refractivity (Wildman–Crippen MR) is 74.2 cm³/mol. The summed E-state index contributed by atoms with van der Waals surface area (Å²) in [6.07, 6.45) is 1.49. The summed E-state index contributed by atoms with van der Waals surface area (Å²) in [6.45, 7) is 6.97. The van der Waals surface area contributed by atoms with Crippen LogP contribution in [0.5, 0.6) is 0 Å². The number of piperazine rings is 2. The van der Waals surface area contributed by atoms with E-state index in [1.807, 2.05) is 13.8 Å². The summed E-state index contributed by atoms with van der Waals surface area (Å²) >= 11 is 0. The van der Waals surface area contributed by atoms with Gasteiger partial charge in [-0.05, 0) is 13.8 Å². The van der Waals surface area contributed by atoms with Crippen LogP contribution in [0.15, 0.2) is 6.33 Å². The molecule has 0 radical (unpaired) electrons. The Morgan fingerprint density at radius 3 is 2.95 bits per heavy atom. The van der Waals surface area contributed by atoms with E-state index in [-0.39, 0.29) is 12.1 Å². The van der Waals surface area contributed by atoms with Gasteiger partial charge in [-0.15, -0.1) is 0 Å². The van der Waals surface area contributed by atoms with E-state index in [4.69, 9.17) is 0 Å². The smallest absolute Gasteiger partial charge is 0.312 e. The van der Waals surface area contributed by atoms with Crippen LogP contribution in [0.3, 0.4) is 0 Å². The zero-order valence-electron chi connectivity index (χ0n) is 12.3. The van der Waals surface area contributed by atoms with Crippen LogP contribution < -0.4 is 5.32 Å². The third-order valence-corrected chi connectivity index (χ3v) is 3.98. The molecule has 0 spiro atoms. The van der Waals surface area contributed by atoms with Crippen molar-refractivity contribution in [3.8, 4) is 0 Å². The van der Waals surface area contributed by atoms with Gasteiger partial charge in [-0.2, -0.15) is 5.10 Å². The van der Waals surface area contributed by atoms with Gasteiger partial charge in [-0.25, -0.2) is 9.67 Å². The molecule has 3 heterocycles. The molecule has 0 aromatic carbocycles. The van der Waals surface area contributed by atoms with E-state index in [9.17, 15) is 9.59 Å². The molecule has 8 nitrogen and oxygen atoms in total. The highest BCUT2D eigenvalue weighted by atomic mass is 16.2. The largest absolute Gasteiger partial charge is 0.327 e. The molecule has 0 saturated carbocycles. The van der Waals surface area contributed by atoms with Gasteiger partial charge in [0, 0.05) is 32.2 Å². The highest BCUT2D eigenvalue weighted by Gasteiger charge is 2.40. The molecule has 2 aliphatic rings. The molecule has 2 amide bonds. The van der Waals surface area contributed by atoms with Gasteiger partial charge >= 0.3 is 11.8 Å². The molecule has 21 heavy (non-hydrogen) atoms. The maximum absolute atomic E-state index is 12.2. The maximum Gasteiger partial charge on any atom is 0.312 e. The van der Waals surface area contributed by atoms with Crippen molar-refractivity contribution in [3.63, 3.8) is 0 Å². The lowest BCUT2D eigenvalue weighted by atomic mass is 10.1. The summed E-state index contributed by atoms with van der Waals surface area (Å²) in [5, 5.41) is 7.43. The third kappa shape index (κ3) is 2.51. The fourth-order valence-corrected chi connectivity index (χ4v) is 2.91. The second-order valence-electron chi connectivity index (χ2n) is 5.76. The fraction of sp³-hybridized carbons (Fsp3) is 0.692. The van der Waals surface area contributed by atoms with Crippen LogP contribution in [0.25, 0.3) is 0 Å². The minimum absolute atomic E-state index is 0.0550. The summed E-state index contributed by atoms with van der Waals surface area (Å²) in [4.78, 5) is 31.9. The Morgan fingerprint density at radius 1 is 1.38 bits per heavy atom. The third-order valence-electron chi connectivity index (χ3n) is 3.98. The Balaban J connectivity index is 1.77. The SMILES string of the molecule is CC(C)n1ncnc1CN1CC2CNCCN2C(=O)C1=O. The highest BCUT2D eigenvalue weighted by molar-refractivity contribution is 6.35. The van der Waals surface area contributed by atoms with Crippen molar-refractivity contribution in [2.24, 2.45) is 0 Å². The van der Waals surface area contributed by atoms with Gasteiger partial charge in [0.1, 0.15) is 12.2 Å². The van der Waals surface area contributed by atoms with Crippen LogP contribution >= 0.6 is 0 Å². The first-order chi connectivity index (χ1) is 10.1. The van der Waals surface area contributed by atoms with E-state index >= 15 is 0 Å². The van der Waals surface area contributed by atoms with Crippen molar-refractivity contribution in [1.29, 1.82) is 0 Å². The standard InChI is InChI=1S/C13H20N6O2/c1-9(2)19-11(15-8-16-19)7-17-6-10-5-14-3-4-18(10)13(21)12(17)20/h8-10,14H,3-7H2,1-2H3. The van der Waals surface area contributed by atoms with E-state index in [0.29, 0.717) is 25.5 Å². The Labute approximate surface area is 123 Å². The van der Waals surface area contributed by atoms with Gasteiger partial charge in [-0.3, -0.25) is 9.59 Å². The quantitative estimate of drug-likeness (QED) is 0.723. The Hall–Kier alpha value is -1.96. The van der Waals surface area contributed by atoms with E-state index in [0.717, 1.165) is 13.1 Å². The molecule has 1 unspecified atom stereocenters. The number of nitrogens with zero attached hydrogens (tertiary/aromatic N) is 5. The molecule has 2 fully saturated rings. The average Bonchev–Trinajstić information content (AvgIpc) is 2.93. The Kier molecular flexibility index (Phi) is 3.62. The van der Waals surface area contributed by atoms with Crippen LogP contribution in [0.4, 0.5) is 0 Å². The van der Waals surface area contributed by atoms with E-state index in [2.05, 4.69) is 15.4 Å². The second-order valence-corrected chi connectivity index (χ2v) is 5.76. The fourth-order valence-electron chi connectivity index (χ4n) is 2.91. The lowest BCUT2D eigenvalue weighted by molar-refractivity contribution is -0.160. The number of fused-ring (bicyclic) bond motifs is 1. The van der Waals surface area contributed by atoms with Crippen molar-refractivity contribution in [3.05, 3.63) is 12.2 Å². The van der Waals surface area contributed by atoms with Gasteiger partial charge < -0.3 is 15.1 Å². The molecule has 1 atom stereocenters. The molecule has 3 rings (SSSR count). The Morgan fingerprint density at radius 2 is 2.19 bits per heavy atom. The van der Waals surface area contributed by atoms with Crippen molar-refractivity contribution in [2.45, 2.75) is 32.5 Å². The molecule has 8 heteroatoms. The zero-order valence-corrected chi connectivity index (χ0v) is 12.3. The number of rotatable bonds is 3. The Bertz CT molecular complexity index is 555. The predicted octanol–water partition coefficient (Wildman–Crippen LogP) is -0.998. The van der Waals surface area contributed by atoms with Crippen molar-refractivity contribution in [1.82, 2.24) is 29.9 Å². The summed E-state index contributed by atoms with van der Waals surface area (Å²) in [7, 11) is 0. The number of carbonyl (C=O) groups is 2. The number of aromatic nitrogens is 3. The van der Waals surface area contributed by atoms with Crippen molar-refractivity contribution >= 4 is 11.8 Å². The molecule has 2 saturated heterocycles. The average molecular weight is 292 g/mol. The lowest BCUT2D eigenvalue weighted by Gasteiger charge is -2.43. The molecule has 1 aromatic heterocycles. The number of hydrogen-bond acceptors (Lipinski definition) is 5. The minimum Gasteiger partial charge on any atom is -0.327 e. The van der Waals surface area contributed by atoms with E-state index < -0.39 is 11.8 Å². The lowest BCUT2D eigenvalue weighted by Crippen LogP contribution is -2.65.